The Hall–Kier alpha value is -2.33. The van der Waals surface area contributed by atoms with Crippen molar-refractivity contribution in [1.29, 1.82) is 0 Å². The maximum absolute atomic E-state index is 6.30. The van der Waals surface area contributed by atoms with Crippen molar-refractivity contribution in [3.8, 4) is 22.9 Å². The molecule has 0 saturated carbocycles. The van der Waals surface area contributed by atoms with E-state index in [1.54, 1.807) is 0 Å². The van der Waals surface area contributed by atoms with Crippen molar-refractivity contribution in [2.24, 2.45) is 0 Å². The van der Waals surface area contributed by atoms with Gasteiger partial charge in [-0.3, -0.25) is 0 Å². The van der Waals surface area contributed by atoms with E-state index < -0.39 is 0 Å². The van der Waals surface area contributed by atoms with E-state index in [4.69, 9.17) is 21.1 Å². The second-order valence-corrected chi connectivity index (χ2v) is 5.28. The van der Waals surface area contributed by atoms with E-state index in [-0.39, 0.29) is 6.79 Å². The summed E-state index contributed by atoms with van der Waals surface area (Å²) in [6.45, 7) is 2.26. The van der Waals surface area contributed by atoms with Crippen LogP contribution >= 0.6 is 11.6 Å². The summed E-state index contributed by atoms with van der Waals surface area (Å²) >= 11 is 6.30. The topological polar surface area (TPSA) is 44.2 Å². The van der Waals surface area contributed by atoms with Gasteiger partial charge in [-0.2, -0.15) is 0 Å². The van der Waals surface area contributed by atoms with Crippen LogP contribution in [-0.2, 0) is 0 Å². The number of aryl methyl sites for hydroxylation is 1. The molecule has 0 aliphatic carbocycles. The fourth-order valence-corrected chi connectivity index (χ4v) is 2.54. The van der Waals surface area contributed by atoms with Crippen LogP contribution in [0.5, 0.6) is 11.5 Å². The Morgan fingerprint density at radius 3 is 2.48 bits per heavy atom. The van der Waals surface area contributed by atoms with Gasteiger partial charge >= 0.3 is 0 Å². The summed E-state index contributed by atoms with van der Waals surface area (Å²) in [5.41, 5.74) is 2.87. The molecule has 0 unspecified atom stereocenters. The van der Waals surface area contributed by atoms with Crippen LogP contribution in [0.1, 0.15) is 5.56 Å². The molecule has 3 aromatic rings. The van der Waals surface area contributed by atoms with Crippen molar-refractivity contribution in [2.75, 3.05) is 6.79 Å². The zero-order chi connectivity index (χ0) is 14.4. The number of halogens is 1. The highest BCUT2D eigenvalue weighted by molar-refractivity contribution is 6.34. The van der Waals surface area contributed by atoms with Crippen LogP contribution in [0.15, 0.2) is 36.4 Å². The average molecular weight is 299 g/mol. The number of ether oxygens (including phenoxy) is 2. The minimum Gasteiger partial charge on any atom is -0.454 e. The van der Waals surface area contributed by atoms with Crippen LogP contribution in [0.3, 0.4) is 0 Å². The smallest absolute Gasteiger partial charge is 0.231 e. The van der Waals surface area contributed by atoms with Gasteiger partial charge in [-0.25, -0.2) is 9.97 Å². The Morgan fingerprint density at radius 1 is 1.00 bits per heavy atom. The van der Waals surface area contributed by atoms with Gasteiger partial charge in [0.15, 0.2) is 17.3 Å². The molecule has 1 aliphatic heterocycles. The summed E-state index contributed by atoms with van der Waals surface area (Å²) in [4.78, 5) is 8.97. The summed E-state index contributed by atoms with van der Waals surface area (Å²) in [5, 5.41) is 1.17. The molecule has 0 amide bonds. The fourth-order valence-electron chi connectivity index (χ4n) is 2.31. The fraction of sp³-hybridized carbons (Fsp3) is 0.125. The second-order valence-electron chi connectivity index (χ2n) is 4.93. The quantitative estimate of drug-likeness (QED) is 0.637. The highest BCUT2D eigenvalue weighted by Crippen LogP contribution is 2.37. The van der Waals surface area contributed by atoms with Crippen LogP contribution in [0.4, 0.5) is 0 Å². The van der Waals surface area contributed by atoms with Gasteiger partial charge in [-0.1, -0.05) is 41.4 Å². The summed E-state index contributed by atoms with van der Waals surface area (Å²) in [6, 6.07) is 11.7. The minimum absolute atomic E-state index is 0.224. The minimum atomic E-state index is 0.224. The average Bonchev–Trinajstić information content (AvgIpc) is 2.93. The van der Waals surface area contributed by atoms with Crippen LogP contribution in [0, 0.1) is 6.92 Å². The third kappa shape index (κ3) is 2.08. The lowest BCUT2D eigenvalue weighted by atomic mass is 10.1. The zero-order valence-corrected chi connectivity index (χ0v) is 12.0. The SMILES string of the molecule is Cc1ccc(-c2nc(Cl)c3cc4c(cc3n2)OCO4)cc1. The second kappa shape index (κ2) is 4.60. The molecule has 21 heavy (non-hydrogen) atoms. The standard InChI is InChI=1S/C16H11ClN2O2/c1-9-2-4-10(5-3-9)16-18-12-7-14-13(20-8-21-14)6-11(12)15(17)19-16/h2-7H,8H2,1H3. The highest BCUT2D eigenvalue weighted by Gasteiger charge is 2.17. The molecule has 4 nitrogen and oxygen atoms in total. The molecule has 0 spiro atoms. The van der Waals surface area contributed by atoms with Crippen LogP contribution in [-0.4, -0.2) is 16.8 Å². The van der Waals surface area contributed by atoms with Gasteiger partial charge in [-0.05, 0) is 13.0 Å². The molecule has 4 rings (SSSR count). The van der Waals surface area contributed by atoms with Gasteiger partial charge < -0.3 is 9.47 Å². The number of nitrogens with zero attached hydrogens (tertiary/aromatic N) is 2. The number of aromatic nitrogens is 2. The van der Waals surface area contributed by atoms with Crippen molar-refractivity contribution in [3.05, 3.63) is 47.1 Å². The molecular formula is C16H11ClN2O2. The third-order valence-corrected chi connectivity index (χ3v) is 3.74. The first-order valence-corrected chi connectivity index (χ1v) is 6.92. The lowest BCUT2D eigenvalue weighted by molar-refractivity contribution is 0.174. The van der Waals surface area contributed by atoms with E-state index >= 15 is 0 Å². The maximum atomic E-state index is 6.30. The molecule has 1 aliphatic rings. The number of benzene rings is 2. The maximum Gasteiger partial charge on any atom is 0.231 e. The molecule has 104 valence electrons. The van der Waals surface area contributed by atoms with Gasteiger partial charge in [-0.15, -0.1) is 0 Å². The van der Waals surface area contributed by atoms with Gasteiger partial charge in [0.05, 0.1) is 5.52 Å². The Balaban J connectivity index is 1.92. The summed E-state index contributed by atoms with van der Waals surface area (Å²) in [7, 11) is 0. The molecule has 0 saturated heterocycles. The Labute approximate surface area is 126 Å². The normalized spacial score (nSPS) is 12.9. The van der Waals surface area contributed by atoms with Gasteiger partial charge in [0.1, 0.15) is 5.15 Å². The van der Waals surface area contributed by atoms with Crippen molar-refractivity contribution in [3.63, 3.8) is 0 Å². The lowest BCUT2D eigenvalue weighted by Crippen LogP contribution is -1.92. The van der Waals surface area contributed by atoms with E-state index in [1.807, 2.05) is 43.3 Å². The van der Waals surface area contributed by atoms with Gasteiger partial charge in [0, 0.05) is 17.0 Å². The molecule has 1 aromatic heterocycles. The number of hydrogen-bond acceptors (Lipinski definition) is 4. The molecule has 5 heteroatoms. The number of hydrogen-bond donors (Lipinski definition) is 0. The van der Waals surface area contributed by atoms with E-state index in [0.717, 1.165) is 16.5 Å². The third-order valence-electron chi connectivity index (χ3n) is 3.45. The zero-order valence-electron chi connectivity index (χ0n) is 11.3. The summed E-state index contributed by atoms with van der Waals surface area (Å²) in [6.07, 6.45) is 0. The van der Waals surface area contributed by atoms with Gasteiger partial charge in [0.2, 0.25) is 6.79 Å². The molecular weight excluding hydrogens is 288 g/mol. The monoisotopic (exact) mass is 298 g/mol. The predicted octanol–water partition coefficient (Wildman–Crippen LogP) is 3.99. The van der Waals surface area contributed by atoms with E-state index in [0.29, 0.717) is 22.5 Å². The van der Waals surface area contributed by atoms with Crippen LogP contribution in [0.25, 0.3) is 22.3 Å². The van der Waals surface area contributed by atoms with E-state index in [2.05, 4.69) is 9.97 Å². The summed E-state index contributed by atoms with van der Waals surface area (Å²) in [5.74, 6) is 1.97. The van der Waals surface area contributed by atoms with Crippen LogP contribution in [0.2, 0.25) is 5.15 Å². The lowest BCUT2D eigenvalue weighted by Gasteiger charge is -2.06. The molecule has 2 aromatic carbocycles. The van der Waals surface area contributed by atoms with Gasteiger partial charge in [0.25, 0.3) is 0 Å². The van der Waals surface area contributed by atoms with Crippen molar-refractivity contribution in [1.82, 2.24) is 9.97 Å². The largest absolute Gasteiger partial charge is 0.454 e. The molecule has 0 bridgehead atoms. The van der Waals surface area contributed by atoms with Crippen molar-refractivity contribution < 1.29 is 9.47 Å². The molecule has 2 heterocycles. The molecule has 0 atom stereocenters. The molecule has 0 fully saturated rings. The first-order valence-electron chi connectivity index (χ1n) is 6.55. The van der Waals surface area contributed by atoms with E-state index in [1.165, 1.54) is 5.56 Å². The molecule has 0 radical (unpaired) electrons. The predicted molar refractivity (Wildman–Crippen MR) is 80.8 cm³/mol. The summed E-state index contributed by atoms with van der Waals surface area (Å²) < 4.78 is 10.7. The van der Waals surface area contributed by atoms with E-state index in [9.17, 15) is 0 Å². The first kappa shape index (κ1) is 12.4. The Morgan fingerprint density at radius 2 is 1.71 bits per heavy atom. The molecule has 0 N–H and O–H groups in total. The van der Waals surface area contributed by atoms with Crippen LogP contribution < -0.4 is 9.47 Å². The van der Waals surface area contributed by atoms with Crippen molar-refractivity contribution >= 4 is 22.5 Å². The highest BCUT2D eigenvalue weighted by atomic mass is 35.5. The Kier molecular flexibility index (Phi) is 2.72. The first-order chi connectivity index (χ1) is 10.2. The number of rotatable bonds is 1. The van der Waals surface area contributed by atoms with Crippen molar-refractivity contribution in [2.45, 2.75) is 6.92 Å². The number of fused-ring (bicyclic) bond motifs is 2. The Bertz CT molecular complexity index is 847.